The van der Waals surface area contributed by atoms with E-state index in [2.05, 4.69) is 17.3 Å². The zero-order valence-corrected chi connectivity index (χ0v) is 12.9. The Labute approximate surface area is 121 Å². The highest BCUT2D eigenvalue weighted by Crippen LogP contribution is 2.23. The summed E-state index contributed by atoms with van der Waals surface area (Å²) in [6, 6.07) is 0.266. The summed E-state index contributed by atoms with van der Waals surface area (Å²) >= 11 is 0. The predicted molar refractivity (Wildman–Crippen MR) is 78.3 cm³/mol. The molecule has 0 atom stereocenters. The largest absolute Gasteiger partial charge is 0.352 e. The van der Waals surface area contributed by atoms with Crippen molar-refractivity contribution in [2.24, 2.45) is 5.41 Å². The van der Waals surface area contributed by atoms with E-state index in [1.165, 1.54) is 12.8 Å². The van der Waals surface area contributed by atoms with Gasteiger partial charge in [-0.05, 0) is 33.7 Å². The minimum atomic E-state index is -0.960. The van der Waals surface area contributed by atoms with Crippen LogP contribution in [0.4, 0.5) is 0 Å². The average molecular weight is 281 g/mol. The van der Waals surface area contributed by atoms with E-state index >= 15 is 0 Å². The number of carbonyl (C=O) groups excluding carboxylic acids is 2. The number of piperazine rings is 1. The number of hydrogen-bond acceptors (Lipinski definition) is 3. The Balaban J connectivity index is 1.93. The van der Waals surface area contributed by atoms with Gasteiger partial charge in [0.15, 0.2) is 0 Å². The normalized spacial score (nSPS) is 22.1. The first-order valence-corrected chi connectivity index (χ1v) is 7.70. The van der Waals surface area contributed by atoms with Gasteiger partial charge in [-0.1, -0.05) is 12.8 Å². The van der Waals surface area contributed by atoms with E-state index in [9.17, 15) is 9.59 Å². The van der Waals surface area contributed by atoms with Gasteiger partial charge in [0.05, 0.1) is 0 Å². The molecule has 0 aromatic rings. The van der Waals surface area contributed by atoms with Crippen LogP contribution in [-0.4, -0.2) is 60.9 Å². The Kier molecular flexibility index (Phi) is 4.68. The van der Waals surface area contributed by atoms with Gasteiger partial charge in [-0.3, -0.25) is 9.59 Å². The molecular formula is C15H27N3O2. The lowest BCUT2D eigenvalue weighted by Crippen LogP contribution is -2.55. The van der Waals surface area contributed by atoms with E-state index in [-0.39, 0.29) is 17.9 Å². The maximum atomic E-state index is 12.6. The molecule has 1 saturated carbocycles. The Morgan fingerprint density at radius 3 is 2.15 bits per heavy atom. The van der Waals surface area contributed by atoms with Gasteiger partial charge in [-0.25, -0.2) is 0 Å². The van der Waals surface area contributed by atoms with Crippen LogP contribution in [0.15, 0.2) is 0 Å². The second-order valence-electron chi connectivity index (χ2n) is 6.68. The van der Waals surface area contributed by atoms with Crippen LogP contribution in [0.5, 0.6) is 0 Å². The Hall–Kier alpha value is -1.10. The van der Waals surface area contributed by atoms with Crippen LogP contribution >= 0.6 is 0 Å². The fourth-order valence-electron chi connectivity index (χ4n) is 2.94. The number of amides is 2. The molecule has 1 aliphatic carbocycles. The molecule has 0 bridgehead atoms. The first-order valence-electron chi connectivity index (χ1n) is 7.70. The number of hydrogen-bond donors (Lipinski definition) is 1. The first-order chi connectivity index (χ1) is 9.41. The second kappa shape index (κ2) is 6.12. The maximum absolute atomic E-state index is 12.6. The minimum Gasteiger partial charge on any atom is -0.352 e. The summed E-state index contributed by atoms with van der Waals surface area (Å²) in [5, 5.41) is 3.05. The third kappa shape index (κ3) is 3.32. The van der Waals surface area contributed by atoms with Crippen molar-refractivity contribution >= 4 is 11.8 Å². The zero-order chi connectivity index (χ0) is 14.8. The molecule has 2 rings (SSSR count). The van der Waals surface area contributed by atoms with Gasteiger partial charge in [-0.15, -0.1) is 0 Å². The Morgan fingerprint density at radius 1 is 1.05 bits per heavy atom. The Morgan fingerprint density at radius 2 is 1.60 bits per heavy atom. The van der Waals surface area contributed by atoms with E-state index in [1.54, 1.807) is 13.8 Å². The molecule has 2 fully saturated rings. The summed E-state index contributed by atoms with van der Waals surface area (Å²) in [6.45, 7) is 6.69. The monoisotopic (exact) mass is 281 g/mol. The van der Waals surface area contributed by atoms with Crippen molar-refractivity contribution in [3.63, 3.8) is 0 Å². The smallest absolute Gasteiger partial charge is 0.237 e. The second-order valence-corrected chi connectivity index (χ2v) is 6.68. The summed E-state index contributed by atoms with van der Waals surface area (Å²) in [6.07, 6.45) is 4.45. The van der Waals surface area contributed by atoms with Crippen molar-refractivity contribution in [3.8, 4) is 0 Å². The maximum Gasteiger partial charge on any atom is 0.237 e. The lowest BCUT2D eigenvalue weighted by atomic mass is 9.89. The van der Waals surface area contributed by atoms with Gasteiger partial charge in [0.25, 0.3) is 0 Å². The molecule has 20 heavy (non-hydrogen) atoms. The molecule has 1 aliphatic heterocycles. The SMILES string of the molecule is CN1CCN(C(=O)C(C)(C)C(=O)NC2CCCC2)CC1. The number of carbonyl (C=O) groups is 2. The van der Waals surface area contributed by atoms with Crippen LogP contribution in [0.2, 0.25) is 0 Å². The van der Waals surface area contributed by atoms with E-state index in [4.69, 9.17) is 0 Å². The molecular weight excluding hydrogens is 254 g/mol. The molecule has 1 heterocycles. The predicted octanol–water partition coefficient (Wildman–Crippen LogP) is 0.845. The van der Waals surface area contributed by atoms with Gasteiger partial charge < -0.3 is 15.1 Å². The minimum absolute atomic E-state index is 0.0407. The van der Waals surface area contributed by atoms with Crippen LogP contribution in [0, 0.1) is 5.41 Å². The van der Waals surface area contributed by atoms with Crippen LogP contribution in [0.1, 0.15) is 39.5 Å². The highest BCUT2D eigenvalue weighted by molar-refractivity contribution is 6.04. The van der Waals surface area contributed by atoms with Gasteiger partial charge in [0.1, 0.15) is 5.41 Å². The topological polar surface area (TPSA) is 52.7 Å². The third-order valence-corrected chi connectivity index (χ3v) is 4.58. The highest BCUT2D eigenvalue weighted by atomic mass is 16.2. The fourth-order valence-corrected chi connectivity index (χ4v) is 2.94. The lowest BCUT2D eigenvalue weighted by molar-refractivity contribution is -0.150. The van der Waals surface area contributed by atoms with E-state index in [1.807, 2.05) is 4.90 Å². The van der Waals surface area contributed by atoms with Gasteiger partial charge in [0, 0.05) is 32.2 Å². The lowest BCUT2D eigenvalue weighted by Gasteiger charge is -2.37. The summed E-state index contributed by atoms with van der Waals surface area (Å²) in [4.78, 5) is 29.0. The van der Waals surface area contributed by atoms with Crippen molar-refractivity contribution < 1.29 is 9.59 Å². The van der Waals surface area contributed by atoms with Gasteiger partial charge in [0.2, 0.25) is 11.8 Å². The average Bonchev–Trinajstić information content (AvgIpc) is 2.91. The van der Waals surface area contributed by atoms with Crippen molar-refractivity contribution in [2.75, 3.05) is 33.2 Å². The van der Waals surface area contributed by atoms with Crippen molar-refractivity contribution in [2.45, 2.75) is 45.6 Å². The Bertz CT molecular complexity index is 367. The molecule has 5 heteroatoms. The molecule has 114 valence electrons. The highest BCUT2D eigenvalue weighted by Gasteiger charge is 2.40. The molecule has 1 saturated heterocycles. The standard InChI is InChI=1S/C15H27N3O2/c1-15(2,13(19)16-12-6-4-5-7-12)14(20)18-10-8-17(3)9-11-18/h12H,4-11H2,1-3H3,(H,16,19). The molecule has 0 radical (unpaired) electrons. The molecule has 0 spiro atoms. The van der Waals surface area contributed by atoms with E-state index in [0.29, 0.717) is 0 Å². The van der Waals surface area contributed by atoms with E-state index < -0.39 is 5.41 Å². The molecule has 2 aliphatic rings. The molecule has 0 aromatic carbocycles. The number of nitrogens with zero attached hydrogens (tertiary/aromatic N) is 2. The summed E-state index contributed by atoms with van der Waals surface area (Å²) < 4.78 is 0. The van der Waals surface area contributed by atoms with Gasteiger partial charge >= 0.3 is 0 Å². The summed E-state index contributed by atoms with van der Waals surface area (Å²) in [7, 11) is 2.06. The quantitative estimate of drug-likeness (QED) is 0.780. The fraction of sp³-hybridized carbons (Fsp3) is 0.867. The van der Waals surface area contributed by atoms with Gasteiger partial charge in [-0.2, -0.15) is 0 Å². The summed E-state index contributed by atoms with van der Waals surface area (Å²) in [5.74, 6) is -0.158. The van der Waals surface area contributed by atoms with E-state index in [0.717, 1.165) is 39.0 Å². The molecule has 1 N–H and O–H groups in total. The van der Waals surface area contributed by atoms with Crippen molar-refractivity contribution in [1.82, 2.24) is 15.1 Å². The number of nitrogens with one attached hydrogen (secondary N) is 1. The van der Waals surface area contributed by atoms with Crippen LogP contribution < -0.4 is 5.32 Å². The van der Waals surface area contributed by atoms with Crippen molar-refractivity contribution in [1.29, 1.82) is 0 Å². The van der Waals surface area contributed by atoms with Crippen LogP contribution in [0.3, 0.4) is 0 Å². The van der Waals surface area contributed by atoms with Crippen molar-refractivity contribution in [3.05, 3.63) is 0 Å². The summed E-state index contributed by atoms with van der Waals surface area (Å²) in [5.41, 5.74) is -0.960. The molecule has 5 nitrogen and oxygen atoms in total. The third-order valence-electron chi connectivity index (χ3n) is 4.58. The number of rotatable bonds is 3. The zero-order valence-electron chi connectivity index (χ0n) is 12.9. The number of likely N-dealkylation sites (N-methyl/N-ethyl adjacent to an activating group) is 1. The first kappa shape index (κ1) is 15.3. The molecule has 0 unspecified atom stereocenters. The molecule has 0 aromatic heterocycles. The molecule has 2 amide bonds. The van der Waals surface area contributed by atoms with Crippen LogP contribution in [-0.2, 0) is 9.59 Å². The van der Waals surface area contributed by atoms with Crippen LogP contribution in [0.25, 0.3) is 0 Å².